The molecule has 0 fully saturated rings. The second kappa shape index (κ2) is 6.72. The number of thiophene rings is 1. The summed E-state index contributed by atoms with van der Waals surface area (Å²) in [5, 5.41) is 4.08. The molecule has 0 saturated heterocycles. The Kier molecular flexibility index (Phi) is 4.43. The van der Waals surface area contributed by atoms with Crippen molar-refractivity contribution < 1.29 is 4.79 Å². The zero-order valence-electron chi connectivity index (χ0n) is 12.5. The Hall–Kier alpha value is -1.99. The standard InChI is InChI=1S/C17H9Cl2N3OS2/c18-14-15(22-25-16(14)19)17(23)21-10-5-6-11(20-8-10)13-7-9-3-1-2-4-12(9)24-13/h1-8H,(H,21,23). The first-order valence-electron chi connectivity index (χ1n) is 7.19. The fourth-order valence-electron chi connectivity index (χ4n) is 2.31. The topological polar surface area (TPSA) is 54.9 Å². The quantitative estimate of drug-likeness (QED) is 0.455. The number of anilines is 1. The summed E-state index contributed by atoms with van der Waals surface area (Å²) < 4.78 is 5.46. The molecule has 124 valence electrons. The van der Waals surface area contributed by atoms with Gasteiger partial charge < -0.3 is 5.32 Å². The van der Waals surface area contributed by atoms with Crippen LogP contribution in [0.3, 0.4) is 0 Å². The lowest BCUT2D eigenvalue weighted by Crippen LogP contribution is -2.12. The largest absolute Gasteiger partial charge is 0.319 e. The lowest BCUT2D eigenvalue weighted by Gasteiger charge is -2.04. The van der Waals surface area contributed by atoms with E-state index in [1.54, 1.807) is 23.6 Å². The molecule has 0 radical (unpaired) electrons. The van der Waals surface area contributed by atoms with Crippen LogP contribution in [-0.4, -0.2) is 15.3 Å². The first-order valence-corrected chi connectivity index (χ1v) is 9.53. The highest BCUT2D eigenvalue weighted by molar-refractivity contribution is 7.22. The second-order valence-electron chi connectivity index (χ2n) is 5.15. The van der Waals surface area contributed by atoms with Crippen LogP contribution in [-0.2, 0) is 0 Å². The number of pyridine rings is 1. The number of nitrogens with zero attached hydrogens (tertiary/aromatic N) is 2. The van der Waals surface area contributed by atoms with Gasteiger partial charge in [0.15, 0.2) is 5.69 Å². The van der Waals surface area contributed by atoms with Crippen LogP contribution in [0.15, 0.2) is 48.7 Å². The number of hydrogen-bond acceptors (Lipinski definition) is 5. The molecule has 0 atom stereocenters. The number of hydrogen-bond donors (Lipinski definition) is 1. The Morgan fingerprint density at radius 1 is 1.12 bits per heavy atom. The van der Waals surface area contributed by atoms with Gasteiger partial charge in [0, 0.05) is 4.70 Å². The van der Waals surface area contributed by atoms with Gasteiger partial charge >= 0.3 is 0 Å². The molecule has 1 N–H and O–H groups in total. The van der Waals surface area contributed by atoms with Gasteiger partial charge in [-0.25, -0.2) is 0 Å². The van der Waals surface area contributed by atoms with Crippen LogP contribution < -0.4 is 5.32 Å². The maximum Gasteiger partial charge on any atom is 0.277 e. The van der Waals surface area contributed by atoms with Crippen molar-refractivity contribution in [2.45, 2.75) is 0 Å². The van der Waals surface area contributed by atoms with E-state index in [1.165, 1.54) is 10.1 Å². The molecule has 0 aliphatic rings. The van der Waals surface area contributed by atoms with Gasteiger partial charge in [-0.05, 0) is 41.2 Å². The zero-order chi connectivity index (χ0) is 17.4. The molecule has 3 aromatic heterocycles. The van der Waals surface area contributed by atoms with Crippen LogP contribution >= 0.6 is 46.1 Å². The van der Waals surface area contributed by atoms with Crippen molar-refractivity contribution in [3.8, 4) is 10.6 Å². The Bertz CT molecular complexity index is 1040. The van der Waals surface area contributed by atoms with Crippen molar-refractivity contribution in [1.29, 1.82) is 0 Å². The van der Waals surface area contributed by atoms with Gasteiger partial charge in [0.2, 0.25) is 0 Å². The molecular weight excluding hydrogens is 397 g/mol. The summed E-state index contributed by atoms with van der Waals surface area (Å²) in [7, 11) is 0. The van der Waals surface area contributed by atoms with Gasteiger partial charge in [-0.15, -0.1) is 11.3 Å². The first-order chi connectivity index (χ1) is 12.1. The Labute approximate surface area is 161 Å². The molecule has 0 unspecified atom stereocenters. The van der Waals surface area contributed by atoms with Crippen molar-refractivity contribution in [1.82, 2.24) is 9.36 Å². The molecule has 1 amide bonds. The number of carbonyl (C=O) groups excluding carboxylic acids is 1. The summed E-state index contributed by atoms with van der Waals surface area (Å²) in [5.41, 5.74) is 1.54. The number of nitrogens with one attached hydrogen (secondary N) is 1. The summed E-state index contributed by atoms with van der Waals surface area (Å²) in [6, 6.07) is 14.0. The highest BCUT2D eigenvalue weighted by Crippen LogP contribution is 2.33. The predicted molar refractivity (Wildman–Crippen MR) is 105 cm³/mol. The van der Waals surface area contributed by atoms with Crippen molar-refractivity contribution in [2.75, 3.05) is 5.32 Å². The molecule has 25 heavy (non-hydrogen) atoms. The number of carbonyl (C=O) groups is 1. The van der Waals surface area contributed by atoms with Gasteiger partial charge in [0.1, 0.15) is 9.36 Å². The van der Waals surface area contributed by atoms with Crippen LogP contribution in [0, 0.1) is 0 Å². The molecule has 0 aliphatic heterocycles. The van der Waals surface area contributed by atoms with E-state index in [9.17, 15) is 4.79 Å². The summed E-state index contributed by atoms with van der Waals surface area (Å²) in [4.78, 5) is 17.7. The molecule has 4 rings (SSSR count). The minimum atomic E-state index is -0.412. The van der Waals surface area contributed by atoms with Crippen LogP contribution in [0.5, 0.6) is 0 Å². The minimum absolute atomic E-state index is 0.116. The minimum Gasteiger partial charge on any atom is -0.319 e. The Balaban J connectivity index is 1.55. The van der Waals surface area contributed by atoms with Crippen LogP contribution in [0.25, 0.3) is 20.7 Å². The summed E-state index contributed by atoms with van der Waals surface area (Å²) in [6.45, 7) is 0. The average Bonchev–Trinajstić information content (AvgIpc) is 3.19. The van der Waals surface area contributed by atoms with E-state index in [-0.39, 0.29) is 10.7 Å². The highest BCUT2D eigenvalue weighted by atomic mass is 35.5. The predicted octanol–water partition coefficient (Wildman–Crippen LogP) is 5.98. The maximum atomic E-state index is 12.2. The average molecular weight is 406 g/mol. The normalized spacial score (nSPS) is 11.0. The Morgan fingerprint density at radius 3 is 2.64 bits per heavy atom. The molecule has 3 heterocycles. The van der Waals surface area contributed by atoms with Crippen LogP contribution in [0.4, 0.5) is 5.69 Å². The van der Waals surface area contributed by atoms with Crippen molar-refractivity contribution in [3.05, 3.63) is 63.7 Å². The van der Waals surface area contributed by atoms with Crippen LogP contribution in [0.1, 0.15) is 10.5 Å². The number of fused-ring (bicyclic) bond motifs is 1. The van der Waals surface area contributed by atoms with Crippen molar-refractivity contribution in [3.63, 3.8) is 0 Å². The fraction of sp³-hybridized carbons (Fsp3) is 0. The maximum absolute atomic E-state index is 12.2. The SMILES string of the molecule is O=C(Nc1ccc(-c2cc3ccccc3s2)nc1)c1nsc(Cl)c1Cl. The van der Waals surface area contributed by atoms with Gasteiger partial charge in [0.25, 0.3) is 5.91 Å². The summed E-state index contributed by atoms with van der Waals surface area (Å²) in [5.74, 6) is -0.412. The highest BCUT2D eigenvalue weighted by Gasteiger charge is 2.17. The van der Waals surface area contributed by atoms with Gasteiger partial charge in [-0.1, -0.05) is 41.4 Å². The number of rotatable bonds is 3. The van der Waals surface area contributed by atoms with E-state index >= 15 is 0 Å². The first kappa shape index (κ1) is 16.5. The lowest BCUT2D eigenvalue weighted by molar-refractivity contribution is 0.102. The van der Waals surface area contributed by atoms with E-state index in [2.05, 4.69) is 32.9 Å². The van der Waals surface area contributed by atoms with Crippen molar-refractivity contribution in [2.24, 2.45) is 0 Å². The van der Waals surface area contributed by atoms with E-state index in [0.717, 1.165) is 22.1 Å². The molecular formula is C17H9Cl2N3OS2. The Morgan fingerprint density at radius 2 is 1.96 bits per heavy atom. The third-order valence-electron chi connectivity index (χ3n) is 3.51. The number of aromatic nitrogens is 2. The third kappa shape index (κ3) is 3.26. The molecule has 0 spiro atoms. The van der Waals surface area contributed by atoms with Gasteiger partial charge in [-0.3, -0.25) is 9.78 Å². The zero-order valence-corrected chi connectivity index (χ0v) is 15.6. The van der Waals surface area contributed by atoms with E-state index in [1.807, 2.05) is 18.2 Å². The molecule has 4 nitrogen and oxygen atoms in total. The van der Waals surface area contributed by atoms with E-state index in [4.69, 9.17) is 23.2 Å². The third-order valence-corrected chi connectivity index (χ3v) is 6.26. The van der Waals surface area contributed by atoms with Crippen molar-refractivity contribution >= 4 is 67.8 Å². The molecule has 4 aromatic rings. The molecule has 1 aromatic carbocycles. The molecule has 8 heteroatoms. The van der Waals surface area contributed by atoms with E-state index in [0.29, 0.717) is 10.0 Å². The summed E-state index contributed by atoms with van der Waals surface area (Å²) >= 11 is 14.4. The number of halogens is 2. The summed E-state index contributed by atoms with van der Waals surface area (Å²) in [6.07, 6.45) is 1.61. The molecule has 0 aliphatic carbocycles. The van der Waals surface area contributed by atoms with Gasteiger partial charge in [-0.2, -0.15) is 4.37 Å². The smallest absolute Gasteiger partial charge is 0.277 e. The fourth-order valence-corrected chi connectivity index (χ4v) is 4.35. The van der Waals surface area contributed by atoms with Crippen LogP contribution in [0.2, 0.25) is 9.36 Å². The number of benzene rings is 1. The monoisotopic (exact) mass is 405 g/mol. The number of amides is 1. The molecule has 0 saturated carbocycles. The van der Waals surface area contributed by atoms with Gasteiger partial charge in [0.05, 0.1) is 22.5 Å². The molecule has 0 bridgehead atoms. The van der Waals surface area contributed by atoms with E-state index < -0.39 is 5.91 Å². The lowest BCUT2D eigenvalue weighted by atomic mass is 10.2. The second-order valence-corrected chi connectivity index (χ2v) is 7.99.